The molecule has 0 bridgehead atoms. The highest BCUT2D eigenvalue weighted by molar-refractivity contribution is 5.89. The predicted molar refractivity (Wildman–Crippen MR) is 99.7 cm³/mol. The van der Waals surface area contributed by atoms with Gasteiger partial charge in [-0.15, -0.1) is 0 Å². The molecule has 1 aromatic rings. The second kappa shape index (κ2) is 8.51. The fourth-order valence-electron chi connectivity index (χ4n) is 3.12. The first-order valence-electron chi connectivity index (χ1n) is 9.34. The number of rotatable bonds is 6. The molecule has 0 radical (unpaired) electrons. The molecular weight excluding hydrogens is 332 g/mol. The van der Waals surface area contributed by atoms with E-state index in [9.17, 15) is 9.59 Å². The SMILES string of the molecule is CC(NC(=O)C(N)C1CCOCC1)c1ccc(NC(=O)NC2CC2)cc1. The fourth-order valence-corrected chi connectivity index (χ4v) is 3.12. The molecule has 0 spiro atoms. The summed E-state index contributed by atoms with van der Waals surface area (Å²) in [6.45, 7) is 3.27. The number of hydrogen-bond acceptors (Lipinski definition) is 4. The number of anilines is 1. The predicted octanol–water partition coefficient (Wildman–Crippen LogP) is 1.90. The van der Waals surface area contributed by atoms with Crippen LogP contribution in [0.3, 0.4) is 0 Å². The lowest BCUT2D eigenvalue weighted by molar-refractivity contribution is -0.125. The number of benzene rings is 1. The third-order valence-electron chi connectivity index (χ3n) is 5.02. The molecule has 26 heavy (non-hydrogen) atoms. The molecule has 2 unspecified atom stereocenters. The van der Waals surface area contributed by atoms with Crippen LogP contribution in [0.15, 0.2) is 24.3 Å². The van der Waals surface area contributed by atoms with Gasteiger partial charge in [0, 0.05) is 24.9 Å². The van der Waals surface area contributed by atoms with E-state index >= 15 is 0 Å². The third kappa shape index (κ3) is 5.19. The number of carbonyl (C=O) groups is 2. The lowest BCUT2D eigenvalue weighted by atomic mass is 9.91. The summed E-state index contributed by atoms with van der Waals surface area (Å²) < 4.78 is 5.32. The van der Waals surface area contributed by atoms with Crippen molar-refractivity contribution in [1.29, 1.82) is 0 Å². The lowest BCUT2D eigenvalue weighted by Crippen LogP contribution is -2.47. The molecule has 2 fully saturated rings. The summed E-state index contributed by atoms with van der Waals surface area (Å²) in [6, 6.07) is 6.96. The molecule has 2 atom stereocenters. The van der Waals surface area contributed by atoms with Crippen LogP contribution in [0.4, 0.5) is 10.5 Å². The van der Waals surface area contributed by atoms with E-state index in [4.69, 9.17) is 10.5 Å². The highest BCUT2D eigenvalue weighted by Gasteiger charge is 2.27. The maximum absolute atomic E-state index is 12.4. The maximum Gasteiger partial charge on any atom is 0.319 e. The summed E-state index contributed by atoms with van der Waals surface area (Å²) in [5.74, 6) is 0.0444. The maximum atomic E-state index is 12.4. The molecule has 7 heteroatoms. The Balaban J connectivity index is 1.49. The van der Waals surface area contributed by atoms with Crippen LogP contribution in [0.2, 0.25) is 0 Å². The van der Waals surface area contributed by atoms with Crippen LogP contribution in [0, 0.1) is 5.92 Å². The van der Waals surface area contributed by atoms with Crippen LogP contribution < -0.4 is 21.7 Å². The summed E-state index contributed by atoms with van der Waals surface area (Å²) in [6.07, 6.45) is 3.76. The third-order valence-corrected chi connectivity index (χ3v) is 5.02. The molecule has 1 aliphatic carbocycles. The van der Waals surface area contributed by atoms with Crippen molar-refractivity contribution in [2.75, 3.05) is 18.5 Å². The Morgan fingerprint density at radius 2 is 1.77 bits per heavy atom. The normalized spacial score (nSPS) is 20.1. The summed E-state index contributed by atoms with van der Waals surface area (Å²) in [5, 5.41) is 8.68. The van der Waals surface area contributed by atoms with Crippen LogP contribution in [0.1, 0.15) is 44.2 Å². The first-order valence-corrected chi connectivity index (χ1v) is 9.34. The molecule has 1 aromatic carbocycles. The minimum Gasteiger partial charge on any atom is -0.381 e. The number of hydrogen-bond donors (Lipinski definition) is 4. The van der Waals surface area contributed by atoms with E-state index in [0.29, 0.717) is 19.3 Å². The lowest BCUT2D eigenvalue weighted by Gasteiger charge is -2.28. The largest absolute Gasteiger partial charge is 0.381 e. The summed E-state index contributed by atoms with van der Waals surface area (Å²) >= 11 is 0. The smallest absolute Gasteiger partial charge is 0.319 e. The number of nitrogens with one attached hydrogen (secondary N) is 3. The first-order chi connectivity index (χ1) is 12.5. The van der Waals surface area contributed by atoms with Gasteiger partial charge in [0.1, 0.15) is 0 Å². The monoisotopic (exact) mass is 360 g/mol. The van der Waals surface area contributed by atoms with Gasteiger partial charge in [-0.05, 0) is 56.2 Å². The minimum absolute atomic E-state index is 0.129. The van der Waals surface area contributed by atoms with Gasteiger partial charge in [-0.25, -0.2) is 4.79 Å². The summed E-state index contributed by atoms with van der Waals surface area (Å²) in [5.41, 5.74) is 7.81. The van der Waals surface area contributed by atoms with Gasteiger partial charge >= 0.3 is 6.03 Å². The standard InChI is InChI=1S/C19H28N4O3/c1-12(21-18(24)17(20)14-8-10-26-11-9-14)13-2-4-15(5-3-13)22-19(25)23-16-6-7-16/h2-5,12,14,16-17H,6-11,20H2,1H3,(H,21,24)(H2,22,23,25). The van der Waals surface area contributed by atoms with Crippen LogP contribution in [0.25, 0.3) is 0 Å². The Morgan fingerprint density at radius 3 is 2.38 bits per heavy atom. The number of ether oxygens (including phenoxy) is 1. The van der Waals surface area contributed by atoms with Gasteiger partial charge in [0.25, 0.3) is 0 Å². The van der Waals surface area contributed by atoms with E-state index in [1.54, 1.807) is 0 Å². The molecule has 3 rings (SSSR count). The summed E-state index contributed by atoms with van der Waals surface area (Å²) in [4.78, 5) is 24.2. The first kappa shape index (κ1) is 18.7. The van der Waals surface area contributed by atoms with Gasteiger partial charge < -0.3 is 26.4 Å². The molecule has 1 heterocycles. The number of nitrogens with two attached hydrogens (primary N) is 1. The van der Waals surface area contributed by atoms with E-state index < -0.39 is 6.04 Å². The average molecular weight is 360 g/mol. The van der Waals surface area contributed by atoms with Gasteiger partial charge in [-0.3, -0.25) is 4.79 Å². The van der Waals surface area contributed by atoms with Crippen LogP contribution in [-0.2, 0) is 9.53 Å². The highest BCUT2D eigenvalue weighted by Crippen LogP contribution is 2.21. The van der Waals surface area contributed by atoms with Crippen molar-refractivity contribution in [3.05, 3.63) is 29.8 Å². The van der Waals surface area contributed by atoms with Crippen LogP contribution in [-0.4, -0.2) is 37.2 Å². The molecule has 1 aliphatic heterocycles. The van der Waals surface area contributed by atoms with Crippen molar-refractivity contribution in [2.24, 2.45) is 11.7 Å². The van der Waals surface area contributed by atoms with E-state index in [2.05, 4.69) is 16.0 Å². The number of urea groups is 1. The Hall–Kier alpha value is -2.12. The zero-order chi connectivity index (χ0) is 18.5. The average Bonchev–Trinajstić information content (AvgIpc) is 3.46. The van der Waals surface area contributed by atoms with E-state index in [0.717, 1.165) is 36.9 Å². The van der Waals surface area contributed by atoms with Gasteiger partial charge in [0.15, 0.2) is 0 Å². The molecule has 1 saturated heterocycles. The number of amides is 3. The van der Waals surface area contributed by atoms with E-state index in [-0.39, 0.29) is 23.9 Å². The topological polar surface area (TPSA) is 105 Å². The van der Waals surface area contributed by atoms with Crippen molar-refractivity contribution in [2.45, 2.75) is 50.7 Å². The molecule has 5 N–H and O–H groups in total. The van der Waals surface area contributed by atoms with Gasteiger partial charge in [-0.2, -0.15) is 0 Å². The Morgan fingerprint density at radius 1 is 1.12 bits per heavy atom. The van der Waals surface area contributed by atoms with Crippen LogP contribution >= 0.6 is 0 Å². The molecule has 0 aromatic heterocycles. The van der Waals surface area contributed by atoms with Crippen molar-refractivity contribution >= 4 is 17.6 Å². The molecule has 2 aliphatic rings. The van der Waals surface area contributed by atoms with E-state index in [1.807, 2.05) is 31.2 Å². The van der Waals surface area contributed by atoms with Gasteiger partial charge in [0.2, 0.25) is 5.91 Å². The Bertz CT molecular complexity index is 624. The van der Waals surface area contributed by atoms with Gasteiger partial charge in [0.05, 0.1) is 12.1 Å². The highest BCUT2D eigenvalue weighted by atomic mass is 16.5. The number of carbonyl (C=O) groups excluding carboxylic acids is 2. The minimum atomic E-state index is -0.506. The van der Waals surface area contributed by atoms with Crippen LogP contribution in [0.5, 0.6) is 0 Å². The quantitative estimate of drug-likeness (QED) is 0.622. The van der Waals surface area contributed by atoms with Crippen molar-refractivity contribution < 1.29 is 14.3 Å². The summed E-state index contributed by atoms with van der Waals surface area (Å²) in [7, 11) is 0. The molecule has 142 valence electrons. The molecule has 7 nitrogen and oxygen atoms in total. The second-order valence-corrected chi connectivity index (χ2v) is 7.20. The van der Waals surface area contributed by atoms with Crippen molar-refractivity contribution in [3.63, 3.8) is 0 Å². The molecule has 1 saturated carbocycles. The zero-order valence-electron chi connectivity index (χ0n) is 15.2. The molecular formula is C19H28N4O3. The fraction of sp³-hybridized carbons (Fsp3) is 0.579. The van der Waals surface area contributed by atoms with Crippen molar-refractivity contribution in [1.82, 2.24) is 10.6 Å². The molecule has 3 amide bonds. The van der Waals surface area contributed by atoms with Gasteiger partial charge in [-0.1, -0.05) is 12.1 Å². The Labute approximate surface area is 154 Å². The Kier molecular flexibility index (Phi) is 6.11. The van der Waals surface area contributed by atoms with E-state index in [1.165, 1.54) is 0 Å². The second-order valence-electron chi connectivity index (χ2n) is 7.20. The zero-order valence-corrected chi connectivity index (χ0v) is 15.2. The van der Waals surface area contributed by atoms with Crippen molar-refractivity contribution in [3.8, 4) is 0 Å².